The summed E-state index contributed by atoms with van der Waals surface area (Å²) in [6, 6.07) is 0.695. The molecule has 0 radical (unpaired) electrons. The quantitative estimate of drug-likeness (QED) is 0.688. The Morgan fingerprint density at radius 2 is 1.52 bits per heavy atom. The maximum absolute atomic E-state index is 11.4. The Morgan fingerprint density at radius 1 is 1.00 bits per heavy atom. The van der Waals surface area contributed by atoms with Crippen LogP contribution in [0, 0.1) is 5.92 Å². The molecule has 1 aliphatic heterocycles. The molecule has 2 N–H and O–H groups in total. The summed E-state index contributed by atoms with van der Waals surface area (Å²) in [6.45, 7) is 5.49. The van der Waals surface area contributed by atoms with Crippen molar-refractivity contribution in [1.82, 2.24) is 9.21 Å². The van der Waals surface area contributed by atoms with E-state index in [2.05, 4.69) is 11.8 Å². The Kier molecular flexibility index (Phi) is 7.43. The topological polar surface area (TPSA) is 115 Å². The van der Waals surface area contributed by atoms with Gasteiger partial charge in [0.25, 0.3) is 0 Å². The summed E-state index contributed by atoms with van der Waals surface area (Å²) in [5.74, 6) is -2.81. The van der Waals surface area contributed by atoms with E-state index in [1.807, 2.05) is 0 Å². The molecule has 0 spiro atoms. The Labute approximate surface area is 137 Å². The van der Waals surface area contributed by atoms with Crippen LogP contribution in [0.1, 0.15) is 32.6 Å². The third kappa shape index (κ3) is 6.84. The Morgan fingerprint density at radius 3 is 1.91 bits per heavy atom. The van der Waals surface area contributed by atoms with Gasteiger partial charge in [-0.3, -0.25) is 4.90 Å². The predicted molar refractivity (Wildman–Crippen MR) is 84.7 cm³/mol. The molecule has 1 aliphatic carbocycles. The van der Waals surface area contributed by atoms with Crippen molar-refractivity contribution in [2.45, 2.75) is 38.6 Å². The fourth-order valence-corrected chi connectivity index (χ4v) is 3.96. The minimum Gasteiger partial charge on any atom is -0.473 e. The molecular weight excluding hydrogens is 324 g/mol. The van der Waals surface area contributed by atoms with Gasteiger partial charge in [-0.15, -0.1) is 0 Å². The highest BCUT2D eigenvalue weighted by atomic mass is 32.2. The molecule has 9 heteroatoms. The van der Waals surface area contributed by atoms with Crippen LogP contribution in [0.25, 0.3) is 0 Å². The number of hydrogen-bond acceptors (Lipinski definition) is 5. The van der Waals surface area contributed by atoms with Crippen molar-refractivity contribution in [3.05, 3.63) is 0 Å². The molecule has 0 bridgehead atoms. The van der Waals surface area contributed by atoms with E-state index in [0.717, 1.165) is 19.0 Å². The molecule has 0 aromatic carbocycles. The highest BCUT2D eigenvalue weighted by molar-refractivity contribution is 7.88. The average molecular weight is 350 g/mol. The minimum absolute atomic E-state index is 0.670. The Hall–Kier alpha value is -1.19. The van der Waals surface area contributed by atoms with Gasteiger partial charge < -0.3 is 10.2 Å². The van der Waals surface area contributed by atoms with Gasteiger partial charge in [0.1, 0.15) is 0 Å². The maximum Gasteiger partial charge on any atom is 0.414 e. The van der Waals surface area contributed by atoms with Crippen LogP contribution >= 0.6 is 0 Å². The number of carboxylic acid groups (broad SMARTS) is 2. The van der Waals surface area contributed by atoms with Crippen LogP contribution in [-0.4, -0.2) is 78.3 Å². The lowest BCUT2D eigenvalue weighted by Crippen LogP contribution is -2.52. The molecule has 2 aliphatic rings. The first kappa shape index (κ1) is 19.9. The molecule has 2 rings (SSSR count). The minimum atomic E-state index is -2.98. The lowest BCUT2D eigenvalue weighted by Gasteiger charge is -2.41. The molecule has 2 fully saturated rings. The van der Waals surface area contributed by atoms with Crippen molar-refractivity contribution in [3.63, 3.8) is 0 Å². The third-order valence-corrected chi connectivity index (χ3v) is 5.65. The molecule has 1 saturated heterocycles. The SMILES string of the molecule is CC1CCCC(N2CCN(S(C)(=O)=O)CC2)C1.O=C(O)C(=O)O. The van der Waals surface area contributed by atoms with Crippen molar-refractivity contribution in [3.8, 4) is 0 Å². The first-order valence-corrected chi connectivity index (χ1v) is 9.61. The molecule has 1 heterocycles. The second kappa shape index (κ2) is 8.60. The van der Waals surface area contributed by atoms with Gasteiger partial charge in [-0.25, -0.2) is 18.0 Å². The molecule has 0 amide bonds. The number of rotatable bonds is 2. The van der Waals surface area contributed by atoms with E-state index >= 15 is 0 Å². The van der Waals surface area contributed by atoms with E-state index in [9.17, 15) is 8.42 Å². The first-order valence-electron chi connectivity index (χ1n) is 7.76. The molecule has 23 heavy (non-hydrogen) atoms. The molecule has 8 nitrogen and oxygen atoms in total. The second-order valence-electron chi connectivity index (χ2n) is 6.23. The molecule has 134 valence electrons. The maximum atomic E-state index is 11.4. The van der Waals surface area contributed by atoms with Gasteiger partial charge in [-0.2, -0.15) is 4.31 Å². The van der Waals surface area contributed by atoms with Crippen molar-refractivity contribution in [2.24, 2.45) is 5.92 Å². The Bertz CT molecular complexity index is 501. The lowest BCUT2D eigenvalue weighted by molar-refractivity contribution is -0.159. The summed E-state index contributed by atoms with van der Waals surface area (Å²) >= 11 is 0. The lowest BCUT2D eigenvalue weighted by atomic mass is 9.86. The van der Waals surface area contributed by atoms with E-state index in [0.29, 0.717) is 19.1 Å². The Balaban J connectivity index is 0.000000379. The van der Waals surface area contributed by atoms with Crippen molar-refractivity contribution < 1.29 is 28.2 Å². The number of aliphatic carboxylic acids is 2. The van der Waals surface area contributed by atoms with E-state index in [4.69, 9.17) is 19.8 Å². The van der Waals surface area contributed by atoms with Crippen LogP contribution in [0.2, 0.25) is 0 Å². The summed E-state index contributed by atoms with van der Waals surface area (Å²) in [6.07, 6.45) is 6.59. The van der Waals surface area contributed by atoms with E-state index in [1.54, 1.807) is 4.31 Å². The number of carbonyl (C=O) groups is 2. The van der Waals surface area contributed by atoms with Gasteiger partial charge in [-0.1, -0.05) is 19.8 Å². The van der Waals surface area contributed by atoms with Crippen LogP contribution in [0.5, 0.6) is 0 Å². The summed E-state index contributed by atoms with van der Waals surface area (Å²) in [5.41, 5.74) is 0. The largest absolute Gasteiger partial charge is 0.473 e. The fraction of sp³-hybridized carbons (Fsp3) is 0.857. The molecule has 0 aromatic heterocycles. The predicted octanol–water partition coefficient (Wildman–Crippen LogP) is 0.298. The van der Waals surface area contributed by atoms with Crippen molar-refractivity contribution in [2.75, 3.05) is 32.4 Å². The van der Waals surface area contributed by atoms with Crippen LogP contribution in [0.4, 0.5) is 0 Å². The van der Waals surface area contributed by atoms with E-state index < -0.39 is 22.0 Å². The van der Waals surface area contributed by atoms with Crippen LogP contribution in [0.15, 0.2) is 0 Å². The summed E-state index contributed by atoms with van der Waals surface area (Å²) in [7, 11) is -2.98. The standard InChI is InChI=1S/C12H24N2O2S.C2H2O4/c1-11-4-3-5-12(10-11)13-6-8-14(9-7-13)17(2,15)16;3-1(4)2(5)6/h11-12H,3-10H2,1-2H3;(H,3,4)(H,5,6). The molecular formula is C14H26N2O6S. The number of hydrogen-bond donors (Lipinski definition) is 2. The zero-order valence-corrected chi connectivity index (χ0v) is 14.5. The van der Waals surface area contributed by atoms with Crippen molar-refractivity contribution >= 4 is 22.0 Å². The second-order valence-corrected chi connectivity index (χ2v) is 8.22. The fourth-order valence-electron chi connectivity index (χ4n) is 3.13. The monoisotopic (exact) mass is 350 g/mol. The summed E-state index contributed by atoms with van der Waals surface area (Å²) in [5, 5.41) is 14.8. The van der Waals surface area contributed by atoms with E-state index in [1.165, 1.54) is 31.9 Å². The molecule has 2 unspecified atom stereocenters. The van der Waals surface area contributed by atoms with Gasteiger partial charge >= 0.3 is 11.9 Å². The zero-order chi connectivity index (χ0) is 17.6. The van der Waals surface area contributed by atoms with Crippen molar-refractivity contribution in [1.29, 1.82) is 0 Å². The number of piperazine rings is 1. The highest BCUT2D eigenvalue weighted by Crippen LogP contribution is 2.28. The normalized spacial score (nSPS) is 26.9. The highest BCUT2D eigenvalue weighted by Gasteiger charge is 2.29. The number of sulfonamides is 1. The third-order valence-electron chi connectivity index (χ3n) is 4.35. The first-order chi connectivity index (χ1) is 10.6. The summed E-state index contributed by atoms with van der Waals surface area (Å²) < 4.78 is 24.5. The summed E-state index contributed by atoms with van der Waals surface area (Å²) in [4.78, 5) is 20.7. The van der Waals surface area contributed by atoms with E-state index in [-0.39, 0.29) is 0 Å². The smallest absolute Gasteiger partial charge is 0.414 e. The molecule has 1 saturated carbocycles. The van der Waals surface area contributed by atoms with Gasteiger partial charge in [0.05, 0.1) is 6.26 Å². The number of nitrogens with zero attached hydrogens (tertiary/aromatic N) is 2. The van der Waals surface area contributed by atoms with Gasteiger partial charge in [0.15, 0.2) is 0 Å². The van der Waals surface area contributed by atoms with Crippen LogP contribution in [-0.2, 0) is 19.6 Å². The van der Waals surface area contributed by atoms with Crippen LogP contribution in [0.3, 0.4) is 0 Å². The van der Waals surface area contributed by atoms with Gasteiger partial charge in [0.2, 0.25) is 10.0 Å². The molecule has 2 atom stereocenters. The average Bonchev–Trinajstić information content (AvgIpc) is 2.47. The zero-order valence-electron chi connectivity index (χ0n) is 13.6. The van der Waals surface area contributed by atoms with Gasteiger partial charge in [-0.05, 0) is 18.8 Å². The molecule has 0 aromatic rings. The van der Waals surface area contributed by atoms with Gasteiger partial charge in [0, 0.05) is 32.2 Å². The van der Waals surface area contributed by atoms with Crippen LogP contribution < -0.4 is 0 Å². The number of carboxylic acids is 2.